The first kappa shape index (κ1) is 25.6. The van der Waals surface area contributed by atoms with Gasteiger partial charge in [-0.25, -0.2) is 9.88 Å². The van der Waals surface area contributed by atoms with Crippen LogP contribution in [-0.4, -0.2) is 39.0 Å². The SMILES string of the molecule is Cc1ccc2nc(-c3ccc(N4C(=O)C[C@H](Sc5ccc(NC(=O)CCC(=O)O)cc5)C4=O)cc3)sc2c1. The van der Waals surface area contributed by atoms with Crippen LogP contribution in [0.3, 0.4) is 0 Å². The van der Waals surface area contributed by atoms with Crippen molar-refractivity contribution in [2.24, 2.45) is 0 Å². The molecule has 2 N–H and O–H groups in total. The van der Waals surface area contributed by atoms with Crippen LogP contribution in [0, 0.1) is 6.92 Å². The normalized spacial score (nSPS) is 15.3. The molecule has 1 aliphatic rings. The maximum Gasteiger partial charge on any atom is 0.303 e. The lowest BCUT2D eigenvalue weighted by molar-refractivity contribution is -0.138. The Kier molecular flexibility index (Phi) is 7.26. The minimum atomic E-state index is -1.03. The molecule has 1 fully saturated rings. The van der Waals surface area contributed by atoms with Gasteiger partial charge in [-0.2, -0.15) is 0 Å². The lowest BCUT2D eigenvalue weighted by atomic mass is 10.2. The van der Waals surface area contributed by atoms with Gasteiger partial charge in [0.1, 0.15) is 5.01 Å². The summed E-state index contributed by atoms with van der Waals surface area (Å²) >= 11 is 2.90. The number of carbonyl (C=O) groups excluding carboxylic acids is 3. The first-order valence-electron chi connectivity index (χ1n) is 11.9. The molecule has 8 nitrogen and oxygen atoms in total. The predicted octanol–water partition coefficient (Wildman–Crippen LogP) is 5.50. The van der Waals surface area contributed by atoms with Gasteiger partial charge in [0.15, 0.2) is 0 Å². The smallest absolute Gasteiger partial charge is 0.303 e. The van der Waals surface area contributed by atoms with E-state index >= 15 is 0 Å². The Balaban J connectivity index is 1.23. The maximum atomic E-state index is 13.1. The number of imide groups is 1. The molecule has 1 aromatic heterocycles. The zero-order valence-electron chi connectivity index (χ0n) is 20.3. The highest BCUT2D eigenvalue weighted by molar-refractivity contribution is 8.00. The number of thioether (sulfide) groups is 1. The Labute approximate surface area is 226 Å². The maximum absolute atomic E-state index is 13.1. The molecule has 4 aromatic rings. The van der Waals surface area contributed by atoms with Crippen molar-refractivity contribution in [3.8, 4) is 10.6 Å². The van der Waals surface area contributed by atoms with Crippen molar-refractivity contribution in [3.05, 3.63) is 72.3 Å². The van der Waals surface area contributed by atoms with E-state index in [1.807, 2.05) is 31.2 Å². The van der Waals surface area contributed by atoms with Crippen molar-refractivity contribution in [1.82, 2.24) is 4.98 Å². The number of aryl methyl sites for hydroxylation is 1. The molecular formula is C28H23N3O5S2. The summed E-state index contributed by atoms with van der Waals surface area (Å²) in [4.78, 5) is 55.0. The van der Waals surface area contributed by atoms with Gasteiger partial charge in [-0.05, 0) is 73.2 Å². The third-order valence-corrected chi connectivity index (χ3v) is 8.27. The predicted molar refractivity (Wildman–Crippen MR) is 148 cm³/mol. The second-order valence-electron chi connectivity index (χ2n) is 8.88. The largest absolute Gasteiger partial charge is 0.481 e. The Morgan fingerprint density at radius 1 is 1.05 bits per heavy atom. The van der Waals surface area contributed by atoms with Crippen LogP contribution in [-0.2, 0) is 19.2 Å². The second-order valence-corrected chi connectivity index (χ2v) is 11.2. The average molecular weight is 546 g/mol. The van der Waals surface area contributed by atoms with Crippen molar-refractivity contribution in [2.45, 2.75) is 36.3 Å². The summed E-state index contributed by atoms with van der Waals surface area (Å²) < 4.78 is 1.11. The highest BCUT2D eigenvalue weighted by atomic mass is 32.2. The van der Waals surface area contributed by atoms with Crippen LogP contribution in [0.25, 0.3) is 20.8 Å². The van der Waals surface area contributed by atoms with Gasteiger partial charge in [0.2, 0.25) is 17.7 Å². The summed E-state index contributed by atoms with van der Waals surface area (Å²) in [7, 11) is 0. The number of nitrogens with one attached hydrogen (secondary N) is 1. The molecule has 0 aliphatic carbocycles. The summed E-state index contributed by atoms with van der Waals surface area (Å²) in [6.45, 7) is 2.05. The zero-order valence-corrected chi connectivity index (χ0v) is 22.0. The highest BCUT2D eigenvalue weighted by Crippen LogP contribution is 2.36. The van der Waals surface area contributed by atoms with Crippen LogP contribution in [0.1, 0.15) is 24.8 Å². The third kappa shape index (κ3) is 5.61. The van der Waals surface area contributed by atoms with E-state index in [-0.39, 0.29) is 37.0 Å². The van der Waals surface area contributed by atoms with Crippen LogP contribution in [0.4, 0.5) is 11.4 Å². The number of carboxylic acids is 1. The minimum Gasteiger partial charge on any atom is -0.481 e. The standard InChI is InChI=1S/C28H23N3O5S2/c1-16-2-11-21-22(14-16)38-27(30-21)17-3-7-19(8-4-17)31-25(33)15-23(28(31)36)37-20-9-5-18(6-10-20)29-24(32)12-13-26(34)35/h2-11,14,23H,12-13,15H2,1H3,(H,29,32)(H,34,35)/t23-/m0/s1. The lowest BCUT2D eigenvalue weighted by Crippen LogP contribution is -2.31. The molecule has 0 radical (unpaired) electrons. The zero-order chi connectivity index (χ0) is 26.8. The van der Waals surface area contributed by atoms with E-state index in [0.29, 0.717) is 11.4 Å². The quantitative estimate of drug-likeness (QED) is 0.281. The molecule has 38 heavy (non-hydrogen) atoms. The van der Waals surface area contributed by atoms with Gasteiger partial charge in [-0.1, -0.05) is 6.07 Å². The van der Waals surface area contributed by atoms with Crippen LogP contribution < -0.4 is 10.2 Å². The van der Waals surface area contributed by atoms with E-state index in [4.69, 9.17) is 10.1 Å². The van der Waals surface area contributed by atoms with E-state index in [1.165, 1.54) is 22.2 Å². The summed E-state index contributed by atoms with van der Waals surface area (Å²) in [6, 6.07) is 20.3. The van der Waals surface area contributed by atoms with Crippen LogP contribution in [0.5, 0.6) is 0 Å². The molecule has 0 spiro atoms. The fourth-order valence-corrected chi connectivity index (χ4v) is 6.22. The Morgan fingerprint density at radius 3 is 2.50 bits per heavy atom. The number of carbonyl (C=O) groups is 4. The summed E-state index contributed by atoms with van der Waals surface area (Å²) in [5.41, 5.74) is 4.11. The van der Waals surface area contributed by atoms with Gasteiger partial charge < -0.3 is 10.4 Å². The molecule has 1 aliphatic heterocycles. The van der Waals surface area contributed by atoms with Crippen molar-refractivity contribution < 1.29 is 24.3 Å². The first-order chi connectivity index (χ1) is 18.3. The highest BCUT2D eigenvalue weighted by Gasteiger charge is 2.40. The lowest BCUT2D eigenvalue weighted by Gasteiger charge is -2.15. The van der Waals surface area contributed by atoms with Gasteiger partial charge in [0, 0.05) is 29.0 Å². The van der Waals surface area contributed by atoms with Crippen LogP contribution in [0.15, 0.2) is 71.6 Å². The van der Waals surface area contributed by atoms with Crippen LogP contribution >= 0.6 is 23.1 Å². The Bertz CT molecular complexity index is 1550. The summed E-state index contributed by atoms with van der Waals surface area (Å²) in [6.07, 6.45) is -0.254. The number of aliphatic carboxylic acids is 1. The number of fused-ring (bicyclic) bond motifs is 1. The van der Waals surface area contributed by atoms with Gasteiger partial charge in [0.25, 0.3) is 0 Å². The molecule has 0 unspecified atom stereocenters. The minimum absolute atomic E-state index is 0.0934. The number of thiazole rings is 1. The number of rotatable bonds is 8. The fourth-order valence-electron chi connectivity index (χ4n) is 4.10. The van der Waals surface area contributed by atoms with Gasteiger partial charge in [-0.15, -0.1) is 23.1 Å². The summed E-state index contributed by atoms with van der Waals surface area (Å²) in [5.74, 6) is -1.94. The molecule has 3 amide bonds. The van der Waals surface area contributed by atoms with E-state index in [2.05, 4.69) is 11.4 Å². The molecule has 0 saturated carbocycles. The molecule has 0 bridgehead atoms. The number of aromatic nitrogens is 1. The molecule has 192 valence electrons. The molecule has 1 atom stereocenters. The monoisotopic (exact) mass is 545 g/mol. The third-order valence-electron chi connectivity index (χ3n) is 6.00. The summed E-state index contributed by atoms with van der Waals surface area (Å²) in [5, 5.41) is 11.7. The number of carboxylic acid groups (broad SMARTS) is 1. The molecule has 2 heterocycles. The molecule has 1 saturated heterocycles. The molecular weight excluding hydrogens is 522 g/mol. The first-order valence-corrected chi connectivity index (χ1v) is 13.6. The fraction of sp³-hybridized carbons (Fsp3) is 0.179. The van der Waals surface area contributed by atoms with E-state index in [0.717, 1.165) is 25.7 Å². The number of amides is 3. The van der Waals surface area contributed by atoms with Crippen molar-refractivity contribution >= 4 is 68.4 Å². The second kappa shape index (κ2) is 10.8. The number of hydrogen-bond acceptors (Lipinski definition) is 7. The molecule has 5 rings (SSSR count). The molecule has 10 heteroatoms. The number of nitrogens with zero attached hydrogens (tertiary/aromatic N) is 2. The van der Waals surface area contributed by atoms with Crippen molar-refractivity contribution in [2.75, 3.05) is 10.2 Å². The van der Waals surface area contributed by atoms with Crippen molar-refractivity contribution in [3.63, 3.8) is 0 Å². The average Bonchev–Trinajstić information content (AvgIpc) is 3.43. The number of hydrogen-bond donors (Lipinski definition) is 2. The van der Waals surface area contributed by atoms with Crippen molar-refractivity contribution in [1.29, 1.82) is 0 Å². The van der Waals surface area contributed by atoms with E-state index in [1.54, 1.807) is 47.7 Å². The van der Waals surface area contributed by atoms with Gasteiger partial charge >= 0.3 is 5.97 Å². The number of anilines is 2. The van der Waals surface area contributed by atoms with Gasteiger partial charge in [0.05, 0.1) is 27.6 Å². The topological polar surface area (TPSA) is 117 Å². The van der Waals surface area contributed by atoms with Gasteiger partial charge in [-0.3, -0.25) is 19.2 Å². The molecule has 3 aromatic carbocycles. The van der Waals surface area contributed by atoms with E-state index in [9.17, 15) is 19.2 Å². The number of benzene rings is 3. The van der Waals surface area contributed by atoms with E-state index < -0.39 is 11.2 Å². The Hall–Kier alpha value is -4.02. The van der Waals surface area contributed by atoms with Crippen LogP contribution in [0.2, 0.25) is 0 Å². The Morgan fingerprint density at radius 2 is 1.79 bits per heavy atom.